The number of nitrogens with zero attached hydrogens (tertiary/aromatic N) is 2. The highest BCUT2D eigenvalue weighted by Crippen LogP contribution is 2.51. The third kappa shape index (κ3) is 5.17. The van der Waals surface area contributed by atoms with Crippen molar-refractivity contribution in [1.29, 1.82) is 0 Å². The van der Waals surface area contributed by atoms with Crippen LogP contribution >= 0.6 is 0 Å². The van der Waals surface area contributed by atoms with Gasteiger partial charge in [-0.25, -0.2) is 19.4 Å². The van der Waals surface area contributed by atoms with E-state index in [2.05, 4.69) is 0 Å². The Labute approximate surface area is 238 Å². The van der Waals surface area contributed by atoms with Gasteiger partial charge in [0.15, 0.2) is 11.5 Å². The van der Waals surface area contributed by atoms with E-state index in [-0.39, 0.29) is 38.9 Å². The first kappa shape index (κ1) is 28.0. The van der Waals surface area contributed by atoms with Gasteiger partial charge in [0, 0.05) is 25.7 Å². The van der Waals surface area contributed by atoms with Crippen LogP contribution in [0.5, 0.6) is 11.5 Å². The number of carbonyl (C=O) groups is 6. The molecular formula is C30H24N2O10. The molecule has 0 spiro atoms. The van der Waals surface area contributed by atoms with Crippen LogP contribution in [0.2, 0.25) is 0 Å². The van der Waals surface area contributed by atoms with Gasteiger partial charge in [-0.1, -0.05) is 60.7 Å². The molecule has 5 rings (SSSR count). The molecule has 2 saturated heterocycles. The highest BCUT2D eigenvalue weighted by molar-refractivity contribution is 6.31. The zero-order valence-electron chi connectivity index (χ0n) is 22.1. The zero-order valence-corrected chi connectivity index (χ0v) is 22.1. The van der Waals surface area contributed by atoms with Crippen LogP contribution in [0, 0.1) is 0 Å². The lowest BCUT2D eigenvalue weighted by Gasteiger charge is -2.29. The maximum Gasteiger partial charge on any atom is 0.341 e. The van der Waals surface area contributed by atoms with Gasteiger partial charge in [-0.15, -0.1) is 0 Å². The molecule has 2 N–H and O–H groups in total. The SMILES string of the molecule is O=C(O)c1c(OCc2ccccc2)c(OCc2ccccc2)c(C(=O)O)c(N2C(=O)CCC2=O)c1N1C(=O)CCC1=O. The molecule has 2 aliphatic rings. The Morgan fingerprint density at radius 2 is 0.881 bits per heavy atom. The van der Waals surface area contributed by atoms with Crippen LogP contribution in [0.1, 0.15) is 57.5 Å². The normalized spacial score (nSPS) is 15.0. The molecule has 2 fully saturated rings. The summed E-state index contributed by atoms with van der Waals surface area (Å²) < 4.78 is 11.9. The molecule has 3 aromatic rings. The molecule has 0 unspecified atom stereocenters. The largest absolute Gasteiger partial charge is 0.484 e. The summed E-state index contributed by atoms with van der Waals surface area (Å²) in [5.74, 6) is -7.88. The minimum absolute atomic E-state index is 0.246. The minimum atomic E-state index is -1.71. The Hall–Kier alpha value is -5.52. The summed E-state index contributed by atoms with van der Waals surface area (Å²) in [4.78, 5) is 78.8. The van der Waals surface area contributed by atoms with Crippen LogP contribution in [0.25, 0.3) is 0 Å². The lowest BCUT2D eigenvalue weighted by molar-refractivity contribution is -0.123. The zero-order chi connectivity index (χ0) is 30.0. The monoisotopic (exact) mass is 572 g/mol. The lowest BCUT2D eigenvalue weighted by atomic mass is 9.99. The van der Waals surface area contributed by atoms with Gasteiger partial charge >= 0.3 is 11.9 Å². The Bertz CT molecular complexity index is 1470. The van der Waals surface area contributed by atoms with Crippen molar-refractivity contribution < 1.29 is 48.5 Å². The molecular weight excluding hydrogens is 548 g/mol. The van der Waals surface area contributed by atoms with Gasteiger partial charge in [-0.2, -0.15) is 0 Å². The molecule has 2 aliphatic heterocycles. The predicted molar refractivity (Wildman–Crippen MR) is 145 cm³/mol. The fraction of sp³-hybridized carbons (Fsp3) is 0.200. The fourth-order valence-electron chi connectivity index (χ4n) is 4.90. The van der Waals surface area contributed by atoms with Gasteiger partial charge in [0.05, 0.1) is 11.4 Å². The van der Waals surface area contributed by atoms with E-state index < -0.39 is 69.6 Å². The van der Waals surface area contributed by atoms with Crippen molar-refractivity contribution in [2.75, 3.05) is 9.80 Å². The third-order valence-corrected chi connectivity index (χ3v) is 6.79. The molecule has 0 radical (unpaired) electrons. The molecule has 0 saturated carbocycles. The molecule has 3 aromatic carbocycles. The van der Waals surface area contributed by atoms with Crippen LogP contribution < -0.4 is 19.3 Å². The van der Waals surface area contributed by atoms with E-state index in [9.17, 15) is 39.0 Å². The van der Waals surface area contributed by atoms with Crippen LogP contribution in [0.3, 0.4) is 0 Å². The Balaban J connectivity index is 1.85. The first-order valence-corrected chi connectivity index (χ1v) is 12.9. The predicted octanol–water partition coefficient (Wildman–Crippen LogP) is 3.55. The summed E-state index contributed by atoms with van der Waals surface area (Å²) in [5.41, 5.74) is -1.89. The second kappa shape index (κ2) is 11.5. The lowest BCUT2D eigenvalue weighted by Crippen LogP contribution is -2.37. The second-order valence-electron chi connectivity index (χ2n) is 9.51. The Morgan fingerprint density at radius 3 is 1.17 bits per heavy atom. The summed E-state index contributed by atoms with van der Waals surface area (Å²) in [6, 6.07) is 17.1. The third-order valence-electron chi connectivity index (χ3n) is 6.79. The number of benzene rings is 3. The van der Waals surface area contributed by atoms with E-state index in [1.54, 1.807) is 60.7 Å². The van der Waals surface area contributed by atoms with E-state index in [1.165, 1.54) is 0 Å². The van der Waals surface area contributed by atoms with Gasteiger partial charge in [-0.05, 0) is 11.1 Å². The summed E-state index contributed by atoms with van der Waals surface area (Å²) >= 11 is 0. The maximum atomic E-state index is 13.0. The van der Waals surface area contributed by atoms with Crippen molar-refractivity contribution in [2.45, 2.75) is 38.9 Å². The number of carbonyl (C=O) groups excluding carboxylic acids is 4. The average molecular weight is 573 g/mol. The highest BCUT2D eigenvalue weighted by atomic mass is 16.5. The van der Waals surface area contributed by atoms with E-state index in [0.29, 0.717) is 20.9 Å². The van der Waals surface area contributed by atoms with Crippen molar-refractivity contribution in [3.05, 3.63) is 82.9 Å². The smallest absolute Gasteiger partial charge is 0.341 e. The van der Waals surface area contributed by atoms with Crippen LogP contribution in [-0.4, -0.2) is 45.8 Å². The van der Waals surface area contributed by atoms with Crippen molar-refractivity contribution in [1.82, 2.24) is 0 Å². The number of aromatic carboxylic acids is 2. The van der Waals surface area contributed by atoms with E-state index in [1.807, 2.05) is 0 Å². The van der Waals surface area contributed by atoms with Crippen molar-refractivity contribution in [2.24, 2.45) is 0 Å². The maximum absolute atomic E-state index is 13.0. The second-order valence-corrected chi connectivity index (χ2v) is 9.51. The molecule has 2 heterocycles. The molecule has 0 aromatic heterocycles. The van der Waals surface area contributed by atoms with Crippen LogP contribution in [0.15, 0.2) is 60.7 Å². The number of ether oxygens (including phenoxy) is 2. The molecule has 12 nitrogen and oxygen atoms in total. The molecule has 4 amide bonds. The minimum Gasteiger partial charge on any atom is -0.484 e. The van der Waals surface area contributed by atoms with E-state index in [4.69, 9.17) is 9.47 Å². The number of carboxylic acids is 2. The molecule has 12 heteroatoms. The number of amides is 4. The molecule has 0 bridgehead atoms. The average Bonchev–Trinajstić information content (AvgIpc) is 3.49. The first-order chi connectivity index (χ1) is 20.2. The number of hydrogen-bond acceptors (Lipinski definition) is 8. The summed E-state index contributed by atoms with van der Waals surface area (Å²) in [5, 5.41) is 21.0. The van der Waals surface area contributed by atoms with Gasteiger partial charge in [0.2, 0.25) is 23.6 Å². The quantitative estimate of drug-likeness (QED) is 0.343. The van der Waals surface area contributed by atoms with E-state index in [0.717, 1.165) is 0 Å². The number of anilines is 2. The number of carboxylic acid groups (broad SMARTS) is 2. The first-order valence-electron chi connectivity index (χ1n) is 12.9. The summed E-state index contributed by atoms with van der Waals surface area (Å²) in [6.45, 7) is -0.492. The molecule has 0 atom stereocenters. The van der Waals surface area contributed by atoms with Gasteiger partial charge in [0.1, 0.15) is 24.3 Å². The van der Waals surface area contributed by atoms with Gasteiger partial charge in [-0.3, -0.25) is 19.2 Å². The van der Waals surface area contributed by atoms with Crippen molar-refractivity contribution >= 4 is 46.9 Å². The fourth-order valence-corrected chi connectivity index (χ4v) is 4.90. The summed E-state index contributed by atoms with van der Waals surface area (Å²) in [6.07, 6.45) is -1.13. The Morgan fingerprint density at radius 1 is 0.571 bits per heavy atom. The van der Waals surface area contributed by atoms with Crippen molar-refractivity contribution in [3.8, 4) is 11.5 Å². The molecule has 42 heavy (non-hydrogen) atoms. The Kier molecular flexibility index (Phi) is 7.69. The number of imide groups is 2. The van der Waals surface area contributed by atoms with Crippen LogP contribution in [-0.2, 0) is 32.4 Å². The molecule has 214 valence electrons. The van der Waals surface area contributed by atoms with Crippen molar-refractivity contribution in [3.63, 3.8) is 0 Å². The number of hydrogen-bond donors (Lipinski definition) is 2. The standard InChI is InChI=1S/C30H24N2O10/c33-19-11-12-20(34)31(19)25-23(29(37)38)27(41-15-17-7-3-1-4-8-17)28(42-16-18-9-5-2-6-10-18)24(30(39)40)26(25)32-21(35)13-14-22(32)36/h1-10H,11-16H2,(H,37,38)(H,39,40). The topological polar surface area (TPSA) is 168 Å². The molecule has 0 aliphatic carbocycles. The van der Waals surface area contributed by atoms with Crippen LogP contribution in [0.4, 0.5) is 11.4 Å². The van der Waals surface area contributed by atoms with Gasteiger partial charge in [0.25, 0.3) is 0 Å². The number of rotatable bonds is 10. The highest BCUT2D eigenvalue weighted by Gasteiger charge is 2.46. The van der Waals surface area contributed by atoms with E-state index >= 15 is 0 Å². The summed E-state index contributed by atoms with van der Waals surface area (Å²) in [7, 11) is 0. The van der Waals surface area contributed by atoms with Gasteiger partial charge < -0.3 is 19.7 Å².